The maximum absolute atomic E-state index is 12.3. The number of anilines is 1. The number of methoxy groups -OCH3 is 1. The van der Waals surface area contributed by atoms with Gasteiger partial charge < -0.3 is 19.2 Å². The van der Waals surface area contributed by atoms with E-state index in [0.717, 1.165) is 28.6 Å². The summed E-state index contributed by atoms with van der Waals surface area (Å²) in [6.45, 7) is 2.69. The van der Waals surface area contributed by atoms with Crippen molar-refractivity contribution >= 4 is 23.5 Å². The van der Waals surface area contributed by atoms with Crippen LogP contribution in [0.15, 0.2) is 53.3 Å². The number of ether oxygens (including phenoxy) is 2. The van der Waals surface area contributed by atoms with Crippen molar-refractivity contribution in [3.8, 4) is 17.1 Å². The topological polar surface area (TPSA) is 86.5 Å². The summed E-state index contributed by atoms with van der Waals surface area (Å²) in [5.41, 5.74) is 1.15. The van der Waals surface area contributed by atoms with Gasteiger partial charge in [0.1, 0.15) is 22.9 Å². The van der Waals surface area contributed by atoms with E-state index in [1.807, 2.05) is 36.4 Å². The first kappa shape index (κ1) is 20.7. The molecule has 0 aliphatic rings. The van der Waals surface area contributed by atoms with Gasteiger partial charge in [-0.05, 0) is 43.3 Å². The molecule has 7 nitrogen and oxygen atoms in total. The Bertz CT molecular complexity index is 914. The molecule has 0 saturated heterocycles. The number of benzene rings is 1. The van der Waals surface area contributed by atoms with E-state index in [1.54, 1.807) is 32.1 Å². The molecule has 0 bridgehead atoms. The maximum Gasteiger partial charge on any atom is 0.343 e. The first-order chi connectivity index (χ1) is 14.2. The Balaban J connectivity index is 1.70. The molecule has 2 aromatic heterocycles. The molecule has 0 atom stereocenters. The van der Waals surface area contributed by atoms with Crippen LogP contribution in [0.4, 0.5) is 5.82 Å². The van der Waals surface area contributed by atoms with Crippen molar-refractivity contribution in [1.82, 2.24) is 9.97 Å². The van der Waals surface area contributed by atoms with Gasteiger partial charge in [0.25, 0.3) is 0 Å². The molecule has 0 aliphatic heterocycles. The number of esters is 1. The quantitative estimate of drug-likeness (QED) is 0.390. The summed E-state index contributed by atoms with van der Waals surface area (Å²) in [7, 11) is 1.62. The fourth-order valence-corrected chi connectivity index (χ4v) is 3.32. The number of rotatable bonds is 10. The Morgan fingerprint density at radius 1 is 1.24 bits per heavy atom. The largest absolute Gasteiger partial charge is 0.497 e. The Kier molecular flexibility index (Phi) is 7.52. The summed E-state index contributed by atoms with van der Waals surface area (Å²) in [5.74, 6) is 3.84. The highest BCUT2D eigenvalue weighted by molar-refractivity contribution is 7.98. The highest BCUT2D eigenvalue weighted by Gasteiger charge is 2.16. The summed E-state index contributed by atoms with van der Waals surface area (Å²) in [6, 6.07) is 11.3. The summed E-state index contributed by atoms with van der Waals surface area (Å²) < 4.78 is 15.6. The van der Waals surface area contributed by atoms with E-state index in [2.05, 4.69) is 15.3 Å². The van der Waals surface area contributed by atoms with Crippen molar-refractivity contribution in [3.05, 3.63) is 60.2 Å². The normalized spacial score (nSPS) is 10.6. The molecule has 0 fully saturated rings. The van der Waals surface area contributed by atoms with Crippen LogP contribution in [0.25, 0.3) is 11.4 Å². The van der Waals surface area contributed by atoms with E-state index in [4.69, 9.17) is 13.9 Å². The third-order valence-corrected chi connectivity index (χ3v) is 4.98. The standard InChI is InChI=1S/C21H23N3O4S/c1-3-27-21(25)18-13-23-19(15-6-8-16(26-2)9-7-15)24-20(18)22-10-12-29-14-17-5-4-11-28-17/h4-9,11,13H,3,10,12,14H2,1-2H3,(H,22,23,24). The number of nitrogens with one attached hydrogen (secondary N) is 1. The van der Waals surface area contributed by atoms with Crippen LogP contribution in [-0.4, -0.2) is 42.0 Å². The van der Waals surface area contributed by atoms with E-state index in [1.165, 1.54) is 6.20 Å². The molecular formula is C21H23N3O4S. The molecule has 0 saturated carbocycles. The predicted octanol–water partition coefficient (Wildman–Crippen LogP) is 4.27. The molecule has 0 spiro atoms. The second kappa shape index (κ2) is 10.5. The second-order valence-corrected chi connectivity index (χ2v) is 7.07. The fourth-order valence-electron chi connectivity index (χ4n) is 2.56. The number of furan rings is 1. The Morgan fingerprint density at radius 3 is 2.76 bits per heavy atom. The zero-order valence-electron chi connectivity index (χ0n) is 16.4. The van der Waals surface area contributed by atoms with Crippen LogP contribution in [-0.2, 0) is 10.5 Å². The van der Waals surface area contributed by atoms with Gasteiger partial charge in [0.05, 0.1) is 25.7 Å². The van der Waals surface area contributed by atoms with Crippen LogP contribution >= 0.6 is 11.8 Å². The lowest BCUT2D eigenvalue weighted by molar-refractivity contribution is 0.0526. The molecule has 0 amide bonds. The Morgan fingerprint density at radius 2 is 2.07 bits per heavy atom. The number of aromatic nitrogens is 2. The number of nitrogens with zero attached hydrogens (tertiary/aromatic N) is 2. The molecule has 8 heteroatoms. The molecule has 29 heavy (non-hydrogen) atoms. The zero-order chi connectivity index (χ0) is 20.5. The predicted molar refractivity (Wildman–Crippen MR) is 113 cm³/mol. The van der Waals surface area contributed by atoms with E-state index in [0.29, 0.717) is 23.8 Å². The van der Waals surface area contributed by atoms with Gasteiger partial charge in [-0.3, -0.25) is 0 Å². The van der Waals surface area contributed by atoms with Crippen molar-refractivity contribution in [3.63, 3.8) is 0 Å². The number of thioether (sulfide) groups is 1. The van der Waals surface area contributed by atoms with Gasteiger partial charge in [0.2, 0.25) is 0 Å². The minimum atomic E-state index is -0.445. The number of hydrogen-bond donors (Lipinski definition) is 1. The third kappa shape index (κ3) is 5.74. The molecule has 152 valence electrons. The highest BCUT2D eigenvalue weighted by atomic mass is 32.2. The molecule has 0 unspecified atom stereocenters. The molecule has 3 rings (SSSR count). The SMILES string of the molecule is CCOC(=O)c1cnc(-c2ccc(OC)cc2)nc1NCCSCc1ccco1. The van der Waals surface area contributed by atoms with E-state index in [9.17, 15) is 4.79 Å². The third-order valence-electron chi connectivity index (χ3n) is 4.00. The number of carbonyl (C=O) groups excluding carboxylic acids is 1. The van der Waals surface area contributed by atoms with Gasteiger partial charge in [0, 0.05) is 24.1 Å². The summed E-state index contributed by atoms with van der Waals surface area (Å²) in [4.78, 5) is 21.2. The van der Waals surface area contributed by atoms with Crippen LogP contribution in [0.2, 0.25) is 0 Å². The van der Waals surface area contributed by atoms with Crippen molar-refractivity contribution in [2.45, 2.75) is 12.7 Å². The number of carbonyl (C=O) groups is 1. The molecule has 1 aromatic carbocycles. The van der Waals surface area contributed by atoms with Gasteiger partial charge in [0.15, 0.2) is 5.82 Å². The fraction of sp³-hybridized carbons (Fsp3) is 0.286. The first-order valence-corrected chi connectivity index (χ1v) is 10.4. The van der Waals surface area contributed by atoms with E-state index < -0.39 is 5.97 Å². The monoisotopic (exact) mass is 413 g/mol. The average molecular weight is 413 g/mol. The second-order valence-electron chi connectivity index (χ2n) is 5.96. The van der Waals surface area contributed by atoms with E-state index >= 15 is 0 Å². The highest BCUT2D eigenvalue weighted by Crippen LogP contribution is 2.23. The summed E-state index contributed by atoms with van der Waals surface area (Å²) >= 11 is 1.73. The van der Waals surface area contributed by atoms with Crippen LogP contribution in [0.1, 0.15) is 23.0 Å². The molecule has 0 aliphatic carbocycles. The van der Waals surface area contributed by atoms with Crippen molar-refractivity contribution < 1.29 is 18.7 Å². The smallest absolute Gasteiger partial charge is 0.343 e. The molecular weight excluding hydrogens is 390 g/mol. The lowest BCUT2D eigenvalue weighted by Crippen LogP contribution is -2.14. The van der Waals surface area contributed by atoms with Gasteiger partial charge in [-0.25, -0.2) is 14.8 Å². The lowest BCUT2D eigenvalue weighted by Gasteiger charge is -2.12. The lowest BCUT2D eigenvalue weighted by atomic mass is 10.2. The molecule has 0 radical (unpaired) electrons. The minimum absolute atomic E-state index is 0.289. The summed E-state index contributed by atoms with van der Waals surface area (Å²) in [6.07, 6.45) is 3.17. The van der Waals surface area contributed by atoms with Crippen molar-refractivity contribution in [2.24, 2.45) is 0 Å². The van der Waals surface area contributed by atoms with Crippen molar-refractivity contribution in [2.75, 3.05) is 31.3 Å². The zero-order valence-corrected chi connectivity index (χ0v) is 17.2. The maximum atomic E-state index is 12.3. The van der Waals surface area contributed by atoms with Crippen LogP contribution in [0.5, 0.6) is 5.75 Å². The van der Waals surface area contributed by atoms with Crippen LogP contribution in [0.3, 0.4) is 0 Å². The van der Waals surface area contributed by atoms with Gasteiger partial charge >= 0.3 is 5.97 Å². The van der Waals surface area contributed by atoms with Crippen LogP contribution in [0, 0.1) is 0 Å². The van der Waals surface area contributed by atoms with Crippen molar-refractivity contribution in [1.29, 1.82) is 0 Å². The molecule has 2 heterocycles. The molecule has 1 N–H and O–H groups in total. The molecule has 3 aromatic rings. The van der Waals surface area contributed by atoms with E-state index in [-0.39, 0.29) is 6.61 Å². The van der Waals surface area contributed by atoms with Gasteiger partial charge in [-0.2, -0.15) is 11.8 Å². The van der Waals surface area contributed by atoms with Crippen LogP contribution < -0.4 is 10.1 Å². The van der Waals surface area contributed by atoms with Gasteiger partial charge in [-0.1, -0.05) is 0 Å². The Labute approximate surface area is 173 Å². The first-order valence-electron chi connectivity index (χ1n) is 9.24. The Hall–Kier alpha value is -3.00. The number of hydrogen-bond acceptors (Lipinski definition) is 8. The average Bonchev–Trinajstić information content (AvgIpc) is 3.27. The minimum Gasteiger partial charge on any atom is -0.497 e. The summed E-state index contributed by atoms with van der Waals surface area (Å²) in [5, 5.41) is 3.24. The van der Waals surface area contributed by atoms with Gasteiger partial charge in [-0.15, -0.1) is 0 Å².